The van der Waals surface area contributed by atoms with Gasteiger partial charge in [-0.05, 0) is 0 Å². The van der Waals surface area contributed by atoms with Crippen molar-refractivity contribution in [2.24, 2.45) is 0 Å². The van der Waals surface area contributed by atoms with Crippen molar-refractivity contribution in [2.45, 2.75) is 0 Å². The van der Waals surface area contributed by atoms with E-state index in [2.05, 4.69) is 0 Å². The number of quaternary nitrogens is 1. The van der Waals surface area contributed by atoms with Gasteiger partial charge >= 0.3 is 5.97 Å². The number of aliphatic carboxylic acids is 1. The Balaban J connectivity index is 3.55. The number of hydrogen-bond acceptors (Lipinski definition) is 1. The molecular formula is C5H12NO2+. The molecular weight excluding hydrogens is 108 g/mol. The fourth-order valence-corrected chi connectivity index (χ4v) is 0.406. The number of likely N-dealkylation sites (N-methyl/N-ethyl adjacent to an activating group) is 1. The fraction of sp³-hybridized carbons (Fsp3) is 0.800. The fourth-order valence-electron chi connectivity index (χ4n) is 0.406. The van der Waals surface area contributed by atoms with Gasteiger partial charge in [0.2, 0.25) is 0 Å². The molecule has 0 aromatic carbocycles. The monoisotopic (exact) mass is 120 g/mol. The van der Waals surface area contributed by atoms with E-state index in [9.17, 15) is 4.79 Å². The van der Waals surface area contributed by atoms with Crippen molar-refractivity contribution in [3.63, 3.8) is 0 Å². The molecule has 1 N–H and O–H groups in total. The van der Waals surface area contributed by atoms with Crippen molar-refractivity contribution in [1.82, 2.24) is 0 Å². The number of nitrogens with zero attached hydrogens (tertiary/aromatic N) is 1. The van der Waals surface area contributed by atoms with E-state index in [0.29, 0.717) is 4.48 Å². The maximum Gasteiger partial charge on any atom is 0.359 e. The third-order valence-corrected chi connectivity index (χ3v) is 0.610. The Bertz CT molecular complexity index is 93.1. The van der Waals surface area contributed by atoms with Gasteiger partial charge in [-0.2, -0.15) is 0 Å². The molecule has 0 aromatic rings. The minimum Gasteiger partial charge on any atom is -0.477 e. The van der Waals surface area contributed by atoms with Gasteiger partial charge in [0, 0.05) is 0 Å². The molecule has 0 aliphatic heterocycles. The van der Waals surface area contributed by atoms with E-state index in [1.165, 1.54) is 0 Å². The number of carboxylic acid groups (broad SMARTS) is 1. The standard InChI is InChI=1S/C5H11NO2/c1-6(2,3)4-5(7)8/h4H2,1-3H3/p+1/i4+1,5+1. The second kappa shape index (κ2) is 2.13. The van der Waals surface area contributed by atoms with Gasteiger partial charge in [-0.15, -0.1) is 0 Å². The quantitative estimate of drug-likeness (QED) is 0.404. The lowest BCUT2D eigenvalue weighted by atomic mass is 10.8. The van der Waals surface area contributed by atoms with Crippen LogP contribution in [-0.2, 0) is 4.79 Å². The highest BCUT2D eigenvalue weighted by molar-refractivity contribution is 5.67. The van der Waals surface area contributed by atoms with Gasteiger partial charge in [-0.3, -0.25) is 0 Å². The minimum atomic E-state index is -0.752. The molecule has 0 unspecified atom stereocenters. The number of carboxylic acids is 1. The van der Waals surface area contributed by atoms with Crippen molar-refractivity contribution < 1.29 is 14.4 Å². The Morgan fingerprint density at radius 1 is 1.50 bits per heavy atom. The van der Waals surface area contributed by atoms with E-state index in [0.717, 1.165) is 0 Å². The lowest BCUT2D eigenvalue weighted by Crippen LogP contribution is -2.39. The molecule has 3 nitrogen and oxygen atoms in total. The summed E-state index contributed by atoms with van der Waals surface area (Å²) in [6.07, 6.45) is 0. The predicted molar refractivity (Wildman–Crippen MR) is 30.5 cm³/mol. The van der Waals surface area contributed by atoms with Crippen LogP contribution in [0.25, 0.3) is 0 Å². The number of carbonyl (C=O) groups is 1. The van der Waals surface area contributed by atoms with Crippen molar-refractivity contribution in [1.29, 1.82) is 0 Å². The minimum absolute atomic E-state index is 0.181. The molecule has 0 saturated heterocycles. The molecule has 3 heteroatoms. The Kier molecular flexibility index (Phi) is 1.98. The number of rotatable bonds is 2. The summed E-state index contributed by atoms with van der Waals surface area (Å²) in [6.45, 7) is 0.181. The van der Waals surface area contributed by atoms with Gasteiger partial charge in [0.05, 0.1) is 21.1 Å². The van der Waals surface area contributed by atoms with Gasteiger partial charge in [-0.1, -0.05) is 0 Å². The summed E-state index contributed by atoms with van der Waals surface area (Å²) in [4.78, 5) is 10.00. The summed E-state index contributed by atoms with van der Waals surface area (Å²) in [5.41, 5.74) is 0. The first-order valence-corrected chi connectivity index (χ1v) is 2.44. The van der Waals surface area contributed by atoms with E-state index in [-0.39, 0.29) is 6.54 Å². The van der Waals surface area contributed by atoms with Gasteiger partial charge < -0.3 is 9.59 Å². The third-order valence-electron chi connectivity index (χ3n) is 0.610. The molecule has 0 radical (unpaired) electrons. The number of hydrogen-bond donors (Lipinski definition) is 1. The Morgan fingerprint density at radius 2 is 1.88 bits per heavy atom. The molecule has 0 rings (SSSR count). The highest BCUT2D eigenvalue weighted by atomic mass is 16.5. The third kappa shape index (κ3) is 5.43. The van der Waals surface area contributed by atoms with Crippen LogP contribution in [0.15, 0.2) is 0 Å². The summed E-state index contributed by atoms with van der Waals surface area (Å²) in [7, 11) is 5.52. The largest absolute Gasteiger partial charge is 0.477 e. The van der Waals surface area contributed by atoms with Crippen LogP contribution in [0.4, 0.5) is 0 Å². The maximum absolute atomic E-state index is 10.00. The topological polar surface area (TPSA) is 37.3 Å². The van der Waals surface area contributed by atoms with Gasteiger partial charge in [0.25, 0.3) is 0 Å². The van der Waals surface area contributed by atoms with Crippen LogP contribution in [0.1, 0.15) is 0 Å². The van der Waals surface area contributed by atoms with Crippen molar-refractivity contribution in [3.8, 4) is 0 Å². The highest BCUT2D eigenvalue weighted by Crippen LogP contribution is 1.86. The molecule has 0 atom stereocenters. The van der Waals surface area contributed by atoms with Crippen molar-refractivity contribution in [3.05, 3.63) is 0 Å². The molecule has 0 aliphatic carbocycles. The van der Waals surface area contributed by atoms with E-state index in [1.54, 1.807) is 0 Å². The Labute approximate surface area is 49.1 Å². The molecule has 0 saturated carbocycles. The van der Waals surface area contributed by atoms with Gasteiger partial charge in [0.15, 0.2) is 6.54 Å². The molecule has 8 heavy (non-hydrogen) atoms. The Hall–Kier alpha value is -0.570. The summed E-state index contributed by atoms with van der Waals surface area (Å²) < 4.78 is 0.481. The van der Waals surface area contributed by atoms with Crippen LogP contribution < -0.4 is 0 Å². The smallest absolute Gasteiger partial charge is 0.359 e. The SMILES string of the molecule is C[N+](C)(C)[13CH2][13C](=O)O. The predicted octanol–water partition coefficient (Wildman–Crippen LogP) is -0.223. The lowest BCUT2D eigenvalue weighted by Gasteiger charge is -2.20. The van der Waals surface area contributed by atoms with E-state index in [4.69, 9.17) is 5.11 Å². The molecule has 0 fully saturated rings. The first-order chi connectivity index (χ1) is 3.42. The summed E-state index contributed by atoms with van der Waals surface area (Å²) in [5.74, 6) is -0.752. The molecule has 48 valence electrons. The summed E-state index contributed by atoms with van der Waals surface area (Å²) in [5, 5.41) is 8.23. The molecule has 0 bridgehead atoms. The van der Waals surface area contributed by atoms with Crippen molar-refractivity contribution in [2.75, 3.05) is 27.7 Å². The first-order valence-electron chi connectivity index (χ1n) is 2.44. The zero-order chi connectivity index (χ0) is 6.78. The highest BCUT2D eigenvalue weighted by Gasteiger charge is 2.11. The van der Waals surface area contributed by atoms with Gasteiger partial charge in [0.1, 0.15) is 0 Å². The summed E-state index contributed by atoms with van der Waals surface area (Å²) >= 11 is 0. The van der Waals surface area contributed by atoms with Crippen LogP contribution in [0.3, 0.4) is 0 Å². The van der Waals surface area contributed by atoms with Crippen molar-refractivity contribution >= 4 is 5.97 Å². The van der Waals surface area contributed by atoms with Crippen LogP contribution in [-0.4, -0.2) is 43.2 Å². The Morgan fingerprint density at radius 3 is 1.88 bits per heavy atom. The molecule has 0 aromatic heterocycles. The molecule has 0 aliphatic rings. The average molecular weight is 120 g/mol. The van der Waals surface area contributed by atoms with Crippen LogP contribution in [0.2, 0.25) is 0 Å². The average Bonchev–Trinajstić information content (AvgIpc) is 1.21. The zero-order valence-electron chi connectivity index (χ0n) is 5.51. The first kappa shape index (κ1) is 7.43. The molecule has 0 heterocycles. The van der Waals surface area contributed by atoms with E-state index < -0.39 is 5.97 Å². The van der Waals surface area contributed by atoms with Crippen LogP contribution in [0.5, 0.6) is 0 Å². The zero-order valence-corrected chi connectivity index (χ0v) is 5.51. The van der Waals surface area contributed by atoms with E-state index in [1.807, 2.05) is 21.1 Å². The normalized spacial score (nSPS) is 11.4. The molecule has 0 amide bonds. The maximum atomic E-state index is 10.00. The second-order valence-electron chi connectivity index (χ2n) is 2.84. The second-order valence-corrected chi connectivity index (χ2v) is 2.84. The van der Waals surface area contributed by atoms with Crippen LogP contribution in [0, 0.1) is 0 Å². The summed E-state index contributed by atoms with van der Waals surface area (Å²) in [6, 6.07) is 0. The molecule has 0 spiro atoms. The lowest BCUT2D eigenvalue weighted by molar-refractivity contribution is -0.862. The van der Waals surface area contributed by atoms with Gasteiger partial charge in [-0.25, -0.2) is 4.79 Å². The van der Waals surface area contributed by atoms with E-state index >= 15 is 0 Å². The van der Waals surface area contributed by atoms with Crippen LogP contribution >= 0.6 is 0 Å².